The van der Waals surface area contributed by atoms with Crippen molar-refractivity contribution in [2.45, 2.75) is 6.92 Å². The third-order valence-electron chi connectivity index (χ3n) is 3.87. The molecule has 0 aliphatic heterocycles. The number of hydrogen-bond donors (Lipinski definition) is 1. The van der Waals surface area contributed by atoms with Crippen LogP contribution < -0.4 is 5.32 Å². The van der Waals surface area contributed by atoms with E-state index in [1.165, 1.54) is 0 Å². The number of aromatic nitrogens is 7. The Kier molecular flexibility index (Phi) is 3.23. The van der Waals surface area contributed by atoms with Crippen molar-refractivity contribution < 1.29 is 0 Å². The first-order valence-electron chi connectivity index (χ1n) is 7.48. The average Bonchev–Trinajstić information content (AvgIpc) is 3.13. The molecule has 0 fully saturated rings. The van der Waals surface area contributed by atoms with E-state index in [1.54, 1.807) is 29.3 Å². The van der Waals surface area contributed by atoms with Gasteiger partial charge in [-0.1, -0.05) is 0 Å². The van der Waals surface area contributed by atoms with E-state index in [9.17, 15) is 0 Å². The van der Waals surface area contributed by atoms with Gasteiger partial charge in [0.15, 0.2) is 5.82 Å². The summed E-state index contributed by atoms with van der Waals surface area (Å²) in [5, 5.41) is 7.37. The summed E-state index contributed by atoms with van der Waals surface area (Å²) in [6.45, 7) is 1.97. The van der Waals surface area contributed by atoms with Crippen LogP contribution in [0.5, 0.6) is 0 Å². The molecule has 4 aromatic heterocycles. The predicted molar refractivity (Wildman–Crippen MR) is 90.8 cm³/mol. The zero-order valence-electron chi connectivity index (χ0n) is 13.6. The van der Waals surface area contributed by atoms with E-state index < -0.39 is 0 Å². The number of hydrogen-bond acceptors (Lipinski definition) is 6. The highest BCUT2D eigenvalue weighted by Crippen LogP contribution is 2.21. The fourth-order valence-electron chi connectivity index (χ4n) is 2.52. The van der Waals surface area contributed by atoms with Crippen LogP contribution in [0.4, 0.5) is 11.6 Å². The van der Waals surface area contributed by atoms with E-state index in [1.807, 2.05) is 37.8 Å². The maximum absolute atomic E-state index is 4.52. The zero-order valence-corrected chi connectivity index (χ0v) is 13.6. The second-order valence-electron chi connectivity index (χ2n) is 5.57. The first-order valence-corrected chi connectivity index (χ1v) is 7.48. The summed E-state index contributed by atoms with van der Waals surface area (Å²) in [4.78, 5) is 17.7. The molecular weight excluding hydrogens is 304 g/mol. The van der Waals surface area contributed by atoms with E-state index in [0.717, 1.165) is 22.4 Å². The number of rotatable bonds is 3. The van der Waals surface area contributed by atoms with E-state index in [4.69, 9.17) is 0 Å². The fourth-order valence-corrected chi connectivity index (χ4v) is 2.52. The molecule has 24 heavy (non-hydrogen) atoms. The van der Waals surface area contributed by atoms with Crippen molar-refractivity contribution in [2.24, 2.45) is 14.1 Å². The summed E-state index contributed by atoms with van der Waals surface area (Å²) in [5.74, 6) is 2.95. The molecule has 120 valence electrons. The lowest BCUT2D eigenvalue weighted by atomic mass is 10.3. The van der Waals surface area contributed by atoms with Gasteiger partial charge < -0.3 is 9.88 Å². The van der Waals surface area contributed by atoms with Crippen molar-refractivity contribution >= 4 is 22.7 Å². The van der Waals surface area contributed by atoms with Gasteiger partial charge in [0.05, 0.1) is 23.5 Å². The van der Waals surface area contributed by atoms with Gasteiger partial charge in [0.25, 0.3) is 0 Å². The monoisotopic (exact) mass is 320 g/mol. The molecule has 0 aromatic carbocycles. The van der Waals surface area contributed by atoms with Gasteiger partial charge in [-0.15, -0.1) is 0 Å². The molecular formula is C16H16N8. The minimum absolute atomic E-state index is 0.616. The molecule has 0 saturated heterocycles. The number of fused-ring (bicyclic) bond motifs is 1. The number of anilines is 2. The maximum atomic E-state index is 4.52. The Morgan fingerprint density at radius 3 is 2.71 bits per heavy atom. The molecule has 0 atom stereocenters. The summed E-state index contributed by atoms with van der Waals surface area (Å²) >= 11 is 0. The third kappa shape index (κ3) is 2.47. The van der Waals surface area contributed by atoms with Crippen LogP contribution in [0.15, 0.2) is 36.9 Å². The Labute approximate surface area is 138 Å². The minimum Gasteiger partial charge on any atom is -0.331 e. The molecule has 0 saturated carbocycles. The van der Waals surface area contributed by atoms with Gasteiger partial charge >= 0.3 is 0 Å². The van der Waals surface area contributed by atoms with Gasteiger partial charge in [-0.2, -0.15) is 5.10 Å². The third-order valence-corrected chi connectivity index (χ3v) is 3.87. The Morgan fingerprint density at radius 2 is 1.92 bits per heavy atom. The van der Waals surface area contributed by atoms with Crippen molar-refractivity contribution in [1.29, 1.82) is 0 Å². The summed E-state index contributed by atoms with van der Waals surface area (Å²) in [6.07, 6.45) is 7.09. The average molecular weight is 320 g/mol. The second kappa shape index (κ2) is 5.41. The largest absolute Gasteiger partial charge is 0.331 e. The molecule has 4 aromatic rings. The normalized spacial score (nSPS) is 11.1. The van der Waals surface area contributed by atoms with Crippen LogP contribution in [0.1, 0.15) is 5.82 Å². The molecule has 0 unspecified atom stereocenters. The van der Waals surface area contributed by atoms with Gasteiger partial charge in [0.1, 0.15) is 23.0 Å². The van der Waals surface area contributed by atoms with Gasteiger partial charge in [0.2, 0.25) is 0 Å². The molecule has 8 nitrogen and oxygen atoms in total. The molecule has 4 rings (SSSR count). The van der Waals surface area contributed by atoms with E-state index >= 15 is 0 Å². The van der Waals surface area contributed by atoms with Crippen LogP contribution in [0, 0.1) is 6.92 Å². The standard InChI is InChI=1S/C16H16N8/c1-10-20-12-8-18-15(6-13(12)24(10)3)21-14-4-5-17-16(22-14)11-7-19-23(2)9-11/h4-9H,1-3H3,(H,17,18,21,22). The fraction of sp³-hybridized carbons (Fsp3) is 0.188. The van der Waals surface area contributed by atoms with Crippen molar-refractivity contribution in [2.75, 3.05) is 5.32 Å². The van der Waals surface area contributed by atoms with Gasteiger partial charge in [-0.05, 0) is 13.0 Å². The molecule has 0 bridgehead atoms. The maximum Gasteiger partial charge on any atom is 0.164 e. The van der Waals surface area contributed by atoms with Crippen molar-refractivity contribution in [3.63, 3.8) is 0 Å². The van der Waals surface area contributed by atoms with Crippen molar-refractivity contribution in [1.82, 2.24) is 34.3 Å². The molecule has 0 aliphatic rings. The van der Waals surface area contributed by atoms with Crippen molar-refractivity contribution in [3.8, 4) is 11.4 Å². The quantitative estimate of drug-likeness (QED) is 0.623. The number of imidazole rings is 1. The summed E-state index contributed by atoms with van der Waals surface area (Å²) in [6, 6.07) is 3.77. The number of pyridine rings is 1. The van der Waals surface area contributed by atoms with Crippen LogP contribution in [0.2, 0.25) is 0 Å². The number of nitrogens with zero attached hydrogens (tertiary/aromatic N) is 7. The summed E-state index contributed by atoms with van der Waals surface area (Å²) in [5.41, 5.74) is 2.76. The number of nitrogens with one attached hydrogen (secondary N) is 1. The smallest absolute Gasteiger partial charge is 0.164 e. The van der Waals surface area contributed by atoms with Crippen LogP contribution in [-0.2, 0) is 14.1 Å². The highest BCUT2D eigenvalue weighted by atomic mass is 15.2. The second-order valence-corrected chi connectivity index (χ2v) is 5.57. The lowest BCUT2D eigenvalue weighted by molar-refractivity contribution is 0.768. The first-order chi connectivity index (χ1) is 11.6. The van der Waals surface area contributed by atoms with Crippen LogP contribution in [0.25, 0.3) is 22.4 Å². The van der Waals surface area contributed by atoms with E-state index in [-0.39, 0.29) is 0 Å². The Hall–Kier alpha value is -3.29. The topological polar surface area (TPSA) is 86.3 Å². The van der Waals surface area contributed by atoms with E-state index in [0.29, 0.717) is 17.5 Å². The molecule has 4 heterocycles. The van der Waals surface area contributed by atoms with Crippen LogP contribution in [-0.4, -0.2) is 34.3 Å². The van der Waals surface area contributed by atoms with Gasteiger partial charge in [-0.3, -0.25) is 4.68 Å². The first kappa shape index (κ1) is 14.3. The zero-order chi connectivity index (χ0) is 16.7. The molecule has 0 spiro atoms. The SMILES string of the molecule is Cc1nc2cnc(Nc3ccnc(-c4cnn(C)c4)n3)cc2n1C. The van der Waals surface area contributed by atoms with Crippen LogP contribution in [0.3, 0.4) is 0 Å². The summed E-state index contributed by atoms with van der Waals surface area (Å²) < 4.78 is 3.75. The molecule has 8 heteroatoms. The molecule has 0 radical (unpaired) electrons. The summed E-state index contributed by atoms with van der Waals surface area (Å²) in [7, 11) is 3.85. The Morgan fingerprint density at radius 1 is 1.04 bits per heavy atom. The van der Waals surface area contributed by atoms with Gasteiger partial charge in [-0.25, -0.2) is 19.9 Å². The Bertz CT molecular complexity index is 1030. The Balaban J connectivity index is 1.67. The molecule has 0 aliphatic carbocycles. The highest BCUT2D eigenvalue weighted by molar-refractivity contribution is 5.78. The minimum atomic E-state index is 0.616. The van der Waals surface area contributed by atoms with E-state index in [2.05, 4.69) is 30.4 Å². The number of aryl methyl sites for hydroxylation is 3. The molecule has 1 N–H and O–H groups in total. The van der Waals surface area contributed by atoms with Crippen LogP contribution >= 0.6 is 0 Å². The van der Waals surface area contributed by atoms with Gasteiger partial charge in [0, 0.05) is 32.6 Å². The predicted octanol–water partition coefficient (Wildman–Crippen LogP) is 2.21. The highest BCUT2D eigenvalue weighted by Gasteiger charge is 2.08. The van der Waals surface area contributed by atoms with Crippen molar-refractivity contribution in [3.05, 3.63) is 42.7 Å². The lowest BCUT2D eigenvalue weighted by Gasteiger charge is -2.06. The molecule has 0 amide bonds. The lowest BCUT2D eigenvalue weighted by Crippen LogP contribution is -1.99.